The predicted octanol–water partition coefficient (Wildman–Crippen LogP) is 5.72. The number of allylic oxidation sites excluding steroid dienone is 1. The maximum Gasteiger partial charge on any atom is 0.102 e. The summed E-state index contributed by atoms with van der Waals surface area (Å²) in [6, 6.07) is 0. The molecule has 3 saturated carbocycles. The summed E-state index contributed by atoms with van der Waals surface area (Å²) in [6.45, 7) is 14.3. The van der Waals surface area contributed by atoms with Crippen LogP contribution < -0.4 is 0 Å². The fraction of sp³-hybridized carbons (Fsp3) is 0.929. The lowest BCUT2D eigenvalue weighted by molar-refractivity contribution is -0.210. The van der Waals surface area contributed by atoms with Crippen molar-refractivity contribution in [3.63, 3.8) is 0 Å². The molecule has 0 radical (unpaired) electrons. The molecule has 3 nitrogen and oxygen atoms in total. The molecular weight excluding hydrogens is 384 g/mol. The van der Waals surface area contributed by atoms with E-state index in [-0.39, 0.29) is 5.41 Å². The predicted molar refractivity (Wildman–Crippen MR) is 126 cm³/mol. The number of fused-ring (bicyclic) bond motifs is 5. The van der Waals surface area contributed by atoms with E-state index in [1.807, 2.05) is 6.08 Å². The Balaban J connectivity index is 1.57. The van der Waals surface area contributed by atoms with Crippen molar-refractivity contribution >= 4 is 0 Å². The first kappa shape index (κ1) is 23.8. The van der Waals surface area contributed by atoms with Gasteiger partial charge in [-0.1, -0.05) is 66.0 Å². The van der Waals surface area contributed by atoms with Crippen molar-refractivity contribution in [3.8, 4) is 0 Å². The van der Waals surface area contributed by atoms with Gasteiger partial charge in [0.2, 0.25) is 0 Å². The van der Waals surface area contributed by atoms with Crippen LogP contribution in [0.4, 0.5) is 0 Å². The number of hydrogen-bond donors (Lipinski definition) is 3. The molecule has 0 aromatic rings. The highest BCUT2D eigenvalue weighted by Crippen LogP contribution is 2.67. The molecule has 31 heavy (non-hydrogen) atoms. The SMILES string of the molecule is CC(C)[C@@H](C)CC[C@@H](C)[C@H]1CC[C@H]2C3=CC(O)C4(O)CC(O)CC[C@]4(C)[C@H]3CC[C@]12C. The minimum Gasteiger partial charge on any atom is -0.393 e. The van der Waals surface area contributed by atoms with E-state index in [9.17, 15) is 15.3 Å². The largest absolute Gasteiger partial charge is 0.393 e. The van der Waals surface area contributed by atoms with E-state index < -0.39 is 17.8 Å². The molecular formula is C28H48O3. The van der Waals surface area contributed by atoms with Gasteiger partial charge < -0.3 is 15.3 Å². The molecule has 0 heterocycles. The Morgan fingerprint density at radius 1 is 0.935 bits per heavy atom. The van der Waals surface area contributed by atoms with Crippen LogP contribution in [-0.4, -0.2) is 33.1 Å². The second-order valence-corrected chi connectivity index (χ2v) is 13.0. The molecule has 4 aliphatic carbocycles. The molecule has 10 atom stereocenters. The maximum absolute atomic E-state index is 11.6. The Labute approximate surface area is 190 Å². The van der Waals surface area contributed by atoms with Crippen LogP contribution >= 0.6 is 0 Å². The van der Waals surface area contributed by atoms with E-state index in [1.165, 1.54) is 37.7 Å². The third-order valence-corrected chi connectivity index (χ3v) is 11.2. The summed E-state index contributed by atoms with van der Waals surface area (Å²) in [6.07, 6.45) is 10.1. The highest BCUT2D eigenvalue weighted by molar-refractivity contribution is 5.33. The first-order valence-electron chi connectivity index (χ1n) is 13.2. The molecule has 0 amide bonds. The molecule has 3 unspecified atom stereocenters. The van der Waals surface area contributed by atoms with Gasteiger partial charge in [-0.05, 0) is 79.4 Å². The van der Waals surface area contributed by atoms with Gasteiger partial charge in [0.1, 0.15) is 11.7 Å². The van der Waals surface area contributed by atoms with E-state index in [0.717, 1.165) is 42.9 Å². The molecule has 0 aromatic carbocycles. The van der Waals surface area contributed by atoms with Gasteiger partial charge in [-0.3, -0.25) is 0 Å². The maximum atomic E-state index is 11.6. The molecule has 0 saturated heterocycles. The average molecular weight is 433 g/mol. The van der Waals surface area contributed by atoms with Crippen molar-refractivity contribution in [2.24, 2.45) is 46.3 Å². The van der Waals surface area contributed by atoms with Crippen LogP contribution in [0, 0.1) is 46.3 Å². The van der Waals surface area contributed by atoms with Gasteiger partial charge >= 0.3 is 0 Å². The molecule has 178 valence electrons. The van der Waals surface area contributed by atoms with E-state index >= 15 is 0 Å². The van der Waals surface area contributed by atoms with Crippen molar-refractivity contribution in [2.75, 3.05) is 0 Å². The fourth-order valence-corrected chi connectivity index (χ4v) is 8.58. The van der Waals surface area contributed by atoms with Crippen molar-refractivity contribution in [2.45, 2.75) is 117 Å². The van der Waals surface area contributed by atoms with Gasteiger partial charge in [0.15, 0.2) is 0 Å². The van der Waals surface area contributed by atoms with E-state index in [0.29, 0.717) is 23.7 Å². The van der Waals surface area contributed by atoms with Crippen LogP contribution in [0.3, 0.4) is 0 Å². The second kappa shape index (κ2) is 8.13. The first-order chi connectivity index (χ1) is 14.4. The Morgan fingerprint density at radius 3 is 2.32 bits per heavy atom. The summed E-state index contributed by atoms with van der Waals surface area (Å²) >= 11 is 0. The summed E-state index contributed by atoms with van der Waals surface area (Å²) in [5, 5.41) is 33.0. The molecule has 3 N–H and O–H groups in total. The van der Waals surface area contributed by atoms with Crippen LogP contribution in [0.15, 0.2) is 11.6 Å². The highest BCUT2D eigenvalue weighted by atomic mass is 16.3. The zero-order chi connectivity index (χ0) is 22.8. The Hall–Kier alpha value is -0.380. The van der Waals surface area contributed by atoms with Gasteiger partial charge in [0.05, 0.1) is 6.10 Å². The lowest BCUT2D eigenvalue weighted by Crippen LogP contribution is -2.65. The minimum absolute atomic E-state index is 0.306. The van der Waals surface area contributed by atoms with Gasteiger partial charge in [0, 0.05) is 11.8 Å². The van der Waals surface area contributed by atoms with Crippen LogP contribution in [0.5, 0.6) is 0 Å². The van der Waals surface area contributed by atoms with Gasteiger partial charge in [-0.25, -0.2) is 0 Å². The average Bonchev–Trinajstić information content (AvgIpc) is 3.05. The third kappa shape index (κ3) is 3.56. The second-order valence-electron chi connectivity index (χ2n) is 13.0. The van der Waals surface area contributed by atoms with Gasteiger partial charge in [-0.15, -0.1) is 0 Å². The smallest absolute Gasteiger partial charge is 0.102 e. The third-order valence-electron chi connectivity index (χ3n) is 11.2. The lowest BCUT2D eigenvalue weighted by atomic mass is 9.45. The number of aliphatic hydroxyl groups excluding tert-OH is 2. The highest BCUT2D eigenvalue weighted by Gasteiger charge is 2.64. The zero-order valence-corrected chi connectivity index (χ0v) is 20.9. The molecule has 0 bridgehead atoms. The van der Waals surface area contributed by atoms with Crippen molar-refractivity contribution < 1.29 is 15.3 Å². The van der Waals surface area contributed by atoms with Crippen molar-refractivity contribution in [1.29, 1.82) is 0 Å². The Morgan fingerprint density at radius 2 is 1.65 bits per heavy atom. The topological polar surface area (TPSA) is 60.7 Å². The monoisotopic (exact) mass is 432 g/mol. The molecule has 3 heteroatoms. The standard InChI is InChI=1S/C28H48O3/c1-17(2)18(3)7-8-19(4)22-9-10-23-21-15-25(30)28(31)16-20(29)11-14-27(28,6)24(21)12-13-26(22,23)5/h15,17-20,22-25,29-31H,7-14,16H2,1-6H3/t18-,19+,20?,22+,23-,24-,25?,26+,27+,28?/m0/s1. The fourth-order valence-electron chi connectivity index (χ4n) is 8.58. The van der Waals surface area contributed by atoms with Crippen LogP contribution in [0.2, 0.25) is 0 Å². The summed E-state index contributed by atoms with van der Waals surface area (Å²) in [7, 11) is 0. The normalized spacial score (nSPS) is 49.1. The van der Waals surface area contributed by atoms with Crippen LogP contribution in [0.1, 0.15) is 99.3 Å². The molecule has 4 aliphatic rings. The summed E-state index contributed by atoms with van der Waals surface area (Å²) < 4.78 is 0. The lowest BCUT2D eigenvalue weighted by Gasteiger charge is -2.62. The molecule has 4 rings (SSSR count). The zero-order valence-electron chi connectivity index (χ0n) is 20.9. The van der Waals surface area contributed by atoms with Crippen molar-refractivity contribution in [3.05, 3.63) is 11.6 Å². The van der Waals surface area contributed by atoms with Crippen LogP contribution in [0.25, 0.3) is 0 Å². The summed E-state index contributed by atoms with van der Waals surface area (Å²) in [5.41, 5.74) is 0.260. The summed E-state index contributed by atoms with van der Waals surface area (Å²) in [5.74, 6) is 3.96. The van der Waals surface area contributed by atoms with E-state index in [1.54, 1.807) is 0 Å². The molecule has 3 fully saturated rings. The number of rotatable bonds is 5. The Bertz CT molecular complexity index is 700. The van der Waals surface area contributed by atoms with Gasteiger partial charge in [-0.2, -0.15) is 0 Å². The van der Waals surface area contributed by atoms with E-state index in [4.69, 9.17) is 0 Å². The van der Waals surface area contributed by atoms with Crippen molar-refractivity contribution in [1.82, 2.24) is 0 Å². The minimum atomic E-state index is -1.19. The molecule has 0 spiro atoms. The van der Waals surface area contributed by atoms with Gasteiger partial charge in [0.25, 0.3) is 0 Å². The first-order valence-corrected chi connectivity index (χ1v) is 13.2. The van der Waals surface area contributed by atoms with E-state index in [2.05, 4.69) is 41.5 Å². The molecule has 0 aromatic heterocycles. The van der Waals surface area contributed by atoms with Crippen LogP contribution in [-0.2, 0) is 0 Å². The quantitative estimate of drug-likeness (QED) is 0.487. The number of hydrogen-bond acceptors (Lipinski definition) is 3. The molecule has 0 aliphatic heterocycles. The number of aliphatic hydroxyl groups is 3. The Kier molecular flexibility index (Phi) is 6.24. The summed E-state index contributed by atoms with van der Waals surface area (Å²) in [4.78, 5) is 0.